The molecule has 0 bridgehead atoms. The summed E-state index contributed by atoms with van der Waals surface area (Å²) >= 11 is 0. The van der Waals surface area contributed by atoms with Crippen molar-refractivity contribution in [2.75, 3.05) is 13.2 Å². The van der Waals surface area contributed by atoms with Gasteiger partial charge in [0.2, 0.25) is 0 Å². The van der Waals surface area contributed by atoms with E-state index in [2.05, 4.69) is 6.92 Å². The van der Waals surface area contributed by atoms with Gasteiger partial charge in [-0.15, -0.1) is 0 Å². The van der Waals surface area contributed by atoms with Crippen LogP contribution < -0.4 is 0 Å². The van der Waals surface area contributed by atoms with Gasteiger partial charge < -0.3 is 14.6 Å². The topological polar surface area (TPSA) is 55.8 Å². The van der Waals surface area contributed by atoms with Crippen LogP contribution in [0.25, 0.3) is 0 Å². The molecule has 1 N–H and O–H groups in total. The summed E-state index contributed by atoms with van der Waals surface area (Å²) < 4.78 is 10.8. The zero-order valence-corrected chi connectivity index (χ0v) is 8.62. The van der Waals surface area contributed by atoms with Crippen LogP contribution in [0, 0.1) is 0 Å². The minimum Gasteiger partial charge on any atom is -0.481 e. The van der Waals surface area contributed by atoms with Crippen molar-refractivity contribution in [3.05, 3.63) is 0 Å². The van der Waals surface area contributed by atoms with E-state index in [1.165, 1.54) is 0 Å². The Balaban J connectivity index is 2.40. The summed E-state index contributed by atoms with van der Waals surface area (Å²) in [7, 11) is 0. The van der Waals surface area contributed by atoms with Crippen LogP contribution in [0.3, 0.4) is 0 Å². The highest BCUT2D eigenvalue weighted by atomic mass is 16.7. The molecule has 0 spiro atoms. The zero-order valence-electron chi connectivity index (χ0n) is 8.62. The maximum Gasteiger partial charge on any atom is 0.308 e. The molecular weight excluding hydrogens is 184 g/mol. The second-order valence-corrected chi connectivity index (χ2v) is 3.64. The Morgan fingerprint density at radius 3 is 2.50 bits per heavy atom. The summed E-state index contributed by atoms with van der Waals surface area (Å²) in [6.45, 7) is 3.14. The quantitative estimate of drug-likeness (QED) is 0.667. The third kappa shape index (κ3) is 3.27. The molecule has 4 heteroatoms. The lowest BCUT2D eigenvalue weighted by Crippen LogP contribution is -2.33. The van der Waals surface area contributed by atoms with E-state index in [1.54, 1.807) is 0 Å². The molecule has 1 rings (SSSR count). The van der Waals surface area contributed by atoms with E-state index >= 15 is 0 Å². The van der Waals surface area contributed by atoms with Gasteiger partial charge in [0.1, 0.15) is 0 Å². The first kappa shape index (κ1) is 11.5. The molecule has 1 aliphatic heterocycles. The van der Waals surface area contributed by atoms with E-state index in [0.29, 0.717) is 19.6 Å². The van der Waals surface area contributed by atoms with Crippen molar-refractivity contribution in [1.82, 2.24) is 0 Å². The Morgan fingerprint density at radius 2 is 2.00 bits per heavy atom. The first-order valence-electron chi connectivity index (χ1n) is 5.18. The van der Waals surface area contributed by atoms with E-state index in [1.807, 2.05) is 0 Å². The molecule has 1 heterocycles. The van der Waals surface area contributed by atoms with Crippen LogP contribution in [0.15, 0.2) is 0 Å². The number of carbonyl (C=O) groups is 1. The van der Waals surface area contributed by atoms with Crippen LogP contribution in [0.5, 0.6) is 0 Å². The smallest absolute Gasteiger partial charge is 0.308 e. The number of carboxylic acid groups (broad SMARTS) is 1. The molecule has 0 radical (unpaired) electrons. The van der Waals surface area contributed by atoms with Gasteiger partial charge in [0, 0.05) is 6.42 Å². The molecule has 0 aromatic heterocycles. The van der Waals surface area contributed by atoms with Crippen molar-refractivity contribution in [1.29, 1.82) is 0 Å². The SMILES string of the molecule is CCCCCC1(CC(=O)O)OCCO1. The fourth-order valence-corrected chi connectivity index (χ4v) is 1.71. The maximum absolute atomic E-state index is 10.6. The van der Waals surface area contributed by atoms with E-state index in [9.17, 15) is 4.79 Å². The number of carboxylic acids is 1. The summed E-state index contributed by atoms with van der Waals surface area (Å²) in [6, 6.07) is 0. The van der Waals surface area contributed by atoms with Gasteiger partial charge in [0.15, 0.2) is 5.79 Å². The molecule has 1 fully saturated rings. The summed E-state index contributed by atoms with van der Waals surface area (Å²) in [4.78, 5) is 10.6. The van der Waals surface area contributed by atoms with Crippen LogP contribution >= 0.6 is 0 Å². The van der Waals surface area contributed by atoms with Crippen molar-refractivity contribution in [2.24, 2.45) is 0 Å². The van der Waals surface area contributed by atoms with Gasteiger partial charge in [-0.25, -0.2) is 0 Å². The molecule has 0 aromatic rings. The van der Waals surface area contributed by atoms with E-state index < -0.39 is 11.8 Å². The van der Waals surface area contributed by atoms with Crippen molar-refractivity contribution in [3.63, 3.8) is 0 Å². The Hall–Kier alpha value is -0.610. The van der Waals surface area contributed by atoms with Gasteiger partial charge in [-0.05, 0) is 6.42 Å². The summed E-state index contributed by atoms with van der Waals surface area (Å²) in [5.41, 5.74) is 0. The van der Waals surface area contributed by atoms with Crippen molar-refractivity contribution in [3.8, 4) is 0 Å². The van der Waals surface area contributed by atoms with Gasteiger partial charge >= 0.3 is 5.97 Å². The Labute approximate surface area is 84.2 Å². The summed E-state index contributed by atoms with van der Waals surface area (Å²) in [6.07, 6.45) is 3.81. The highest BCUT2D eigenvalue weighted by molar-refractivity contribution is 5.67. The third-order valence-corrected chi connectivity index (χ3v) is 2.40. The van der Waals surface area contributed by atoms with Crippen molar-refractivity contribution >= 4 is 5.97 Å². The second kappa shape index (κ2) is 5.32. The average Bonchev–Trinajstić information content (AvgIpc) is 2.53. The Kier molecular flexibility index (Phi) is 4.35. The van der Waals surface area contributed by atoms with Crippen molar-refractivity contribution < 1.29 is 19.4 Å². The van der Waals surface area contributed by atoms with Crippen LogP contribution in [-0.2, 0) is 14.3 Å². The number of unbranched alkanes of at least 4 members (excludes halogenated alkanes) is 2. The molecule has 82 valence electrons. The second-order valence-electron chi connectivity index (χ2n) is 3.64. The molecule has 0 saturated carbocycles. The Morgan fingerprint density at radius 1 is 1.36 bits per heavy atom. The predicted molar refractivity (Wildman–Crippen MR) is 51.0 cm³/mol. The van der Waals surface area contributed by atoms with Crippen LogP contribution in [0.2, 0.25) is 0 Å². The predicted octanol–water partition coefficient (Wildman–Crippen LogP) is 1.78. The summed E-state index contributed by atoms with van der Waals surface area (Å²) in [5, 5.41) is 8.74. The number of hydrogen-bond donors (Lipinski definition) is 1. The molecule has 0 aliphatic carbocycles. The molecule has 0 amide bonds. The average molecular weight is 202 g/mol. The lowest BCUT2D eigenvalue weighted by Gasteiger charge is -2.25. The lowest BCUT2D eigenvalue weighted by molar-refractivity contribution is -0.182. The van der Waals surface area contributed by atoms with E-state index in [-0.39, 0.29) is 6.42 Å². The lowest BCUT2D eigenvalue weighted by atomic mass is 10.0. The van der Waals surface area contributed by atoms with Gasteiger partial charge in [-0.2, -0.15) is 0 Å². The molecular formula is C10H18O4. The number of ether oxygens (including phenoxy) is 2. The van der Waals surface area contributed by atoms with Crippen LogP contribution in [-0.4, -0.2) is 30.1 Å². The summed E-state index contributed by atoms with van der Waals surface area (Å²) in [5.74, 6) is -1.69. The molecule has 14 heavy (non-hydrogen) atoms. The van der Waals surface area contributed by atoms with Crippen LogP contribution in [0.1, 0.15) is 39.0 Å². The maximum atomic E-state index is 10.6. The first-order valence-corrected chi connectivity index (χ1v) is 5.18. The standard InChI is InChI=1S/C10H18O4/c1-2-3-4-5-10(8-9(11)12)13-6-7-14-10/h2-8H2,1H3,(H,11,12). The van der Waals surface area contributed by atoms with Gasteiger partial charge in [-0.1, -0.05) is 19.8 Å². The molecule has 1 saturated heterocycles. The fraction of sp³-hybridized carbons (Fsp3) is 0.900. The number of hydrogen-bond acceptors (Lipinski definition) is 3. The van der Waals surface area contributed by atoms with Crippen LogP contribution in [0.4, 0.5) is 0 Å². The number of aliphatic carboxylic acids is 1. The van der Waals surface area contributed by atoms with Gasteiger partial charge in [0.25, 0.3) is 0 Å². The van der Waals surface area contributed by atoms with E-state index in [4.69, 9.17) is 14.6 Å². The molecule has 0 aromatic carbocycles. The van der Waals surface area contributed by atoms with Gasteiger partial charge in [-0.3, -0.25) is 4.79 Å². The third-order valence-electron chi connectivity index (χ3n) is 2.40. The highest BCUT2D eigenvalue weighted by Crippen LogP contribution is 2.29. The Bertz CT molecular complexity index is 185. The van der Waals surface area contributed by atoms with Crippen molar-refractivity contribution in [2.45, 2.75) is 44.8 Å². The molecule has 1 aliphatic rings. The molecule has 0 unspecified atom stereocenters. The highest BCUT2D eigenvalue weighted by Gasteiger charge is 2.38. The fourth-order valence-electron chi connectivity index (χ4n) is 1.71. The van der Waals surface area contributed by atoms with E-state index in [0.717, 1.165) is 19.3 Å². The number of rotatable bonds is 6. The normalized spacial score (nSPS) is 19.8. The minimum absolute atomic E-state index is 0.0449. The molecule has 0 atom stereocenters. The molecule has 4 nitrogen and oxygen atoms in total. The minimum atomic E-state index is -0.858. The largest absolute Gasteiger partial charge is 0.481 e. The van der Waals surface area contributed by atoms with Gasteiger partial charge in [0.05, 0.1) is 19.6 Å². The first-order chi connectivity index (χ1) is 6.68. The monoisotopic (exact) mass is 202 g/mol. The zero-order chi connectivity index (χ0) is 10.4.